The Morgan fingerprint density at radius 2 is 2.40 bits per heavy atom. The third kappa shape index (κ3) is 4.07. The first-order valence-corrected chi connectivity index (χ1v) is 4.97. The molecule has 0 bridgehead atoms. The van der Waals surface area contributed by atoms with Crippen molar-refractivity contribution in [2.75, 3.05) is 0 Å². The molecule has 0 aromatic carbocycles. The first-order chi connectivity index (χ1) is 7.09. The molecule has 0 radical (unpaired) electrons. The molecule has 6 nitrogen and oxygen atoms in total. The SMILES string of the molecule is CC(C)CC(N)C(=O)NCc1ncn[nH]1. The molecule has 1 rings (SSSR count). The summed E-state index contributed by atoms with van der Waals surface area (Å²) in [5.41, 5.74) is 5.70. The van der Waals surface area contributed by atoms with Crippen molar-refractivity contribution in [3.63, 3.8) is 0 Å². The molecule has 1 amide bonds. The van der Waals surface area contributed by atoms with E-state index >= 15 is 0 Å². The minimum atomic E-state index is -0.451. The van der Waals surface area contributed by atoms with E-state index in [0.717, 1.165) is 0 Å². The molecule has 1 aromatic heterocycles. The number of amides is 1. The van der Waals surface area contributed by atoms with Gasteiger partial charge in [0.05, 0.1) is 12.6 Å². The van der Waals surface area contributed by atoms with Gasteiger partial charge >= 0.3 is 0 Å². The van der Waals surface area contributed by atoms with Gasteiger partial charge in [0, 0.05) is 0 Å². The summed E-state index contributed by atoms with van der Waals surface area (Å²) in [5.74, 6) is 0.885. The van der Waals surface area contributed by atoms with E-state index in [4.69, 9.17) is 5.73 Å². The van der Waals surface area contributed by atoms with Crippen molar-refractivity contribution in [2.24, 2.45) is 11.7 Å². The minimum absolute atomic E-state index is 0.153. The van der Waals surface area contributed by atoms with Gasteiger partial charge in [-0.1, -0.05) is 13.8 Å². The molecule has 0 aliphatic heterocycles. The average Bonchev–Trinajstić information content (AvgIpc) is 2.65. The van der Waals surface area contributed by atoms with Gasteiger partial charge in [0.1, 0.15) is 12.2 Å². The maximum atomic E-state index is 11.5. The molecule has 0 aliphatic rings. The molecular formula is C9H17N5O. The first-order valence-electron chi connectivity index (χ1n) is 4.97. The second-order valence-corrected chi connectivity index (χ2v) is 3.89. The van der Waals surface area contributed by atoms with Crippen molar-refractivity contribution in [1.82, 2.24) is 20.5 Å². The van der Waals surface area contributed by atoms with E-state index in [1.165, 1.54) is 6.33 Å². The second-order valence-electron chi connectivity index (χ2n) is 3.89. The number of rotatable bonds is 5. The fourth-order valence-corrected chi connectivity index (χ4v) is 1.23. The van der Waals surface area contributed by atoms with Gasteiger partial charge in [0.2, 0.25) is 5.91 Å². The van der Waals surface area contributed by atoms with Crippen LogP contribution in [0, 0.1) is 5.92 Å². The number of H-pyrrole nitrogens is 1. The summed E-state index contributed by atoms with van der Waals surface area (Å²) in [6.45, 7) is 4.40. The molecule has 0 saturated carbocycles. The second kappa shape index (κ2) is 5.45. The van der Waals surface area contributed by atoms with Crippen molar-refractivity contribution in [3.05, 3.63) is 12.2 Å². The van der Waals surface area contributed by atoms with Gasteiger partial charge in [-0.05, 0) is 12.3 Å². The smallest absolute Gasteiger partial charge is 0.237 e. The lowest BCUT2D eigenvalue weighted by Gasteiger charge is -2.13. The summed E-state index contributed by atoms with van der Waals surface area (Å²) >= 11 is 0. The fraction of sp³-hybridized carbons (Fsp3) is 0.667. The Morgan fingerprint density at radius 1 is 1.67 bits per heavy atom. The maximum absolute atomic E-state index is 11.5. The molecule has 6 heteroatoms. The average molecular weight is 211 g/mol. The normalized spacial score (nSPS) is 12.8. The van der Waals surface area contributed by atoms with E-state index in [2.05, 4.69) is 20.5 Å². The van der Waals surface area contributed by atoms with Gasteiger partial charge < -0.3 is 11.1 Å². The highest BCUT2D eigenvalue weighted by molar-refractivity contribution is 5.81. The molecule has 1 unspecified atom stereocenters. The Balaban J connectivity index is 2.29. The Hall–Kier alpha value is -1.43. The third-order valence-electron chi connectivity index (χ3n) is 1.96. The number of carbonyl (C=O) groups is 1. The van der Waals surface area contributed by atoms with Gasteiger partial charge in [0.15, 0.2) is 0 Å². The van der Waals surface area contributed by atoms with Crippen LogP contribution in [0.4, 0.5) is 0 Å². The summed E-state index contributed by atoms with van der Waals surface area (Å²) in [5, 5.41) is 9.02. The zero-order valence-electron chi connectivity index (χ0n) is 9.03. The lowest BCUT2D eigenvalue weighted by atomic mass is 10.0. The number of carbonyl (C=O) groups excluding carboxylic acids is 1. The van der Waals surface area contributed by atoms with Gasteiger partial charge in [-0.25, -0.2) is 4.98 Å². The predicted molar refractivity (Wildman–Crippen MR) is 55.7 cm³/mol. The van der Waals surface area contributed by atoms with Crippen LogP contribution in [0.5, 0.6) is 0 Å². The van der Waals surface area contributed by atoms with Crippen molar-refractivity contribution < 1.29 is 4.79 Å². The van der Waals surface area contributed by atoms with Crippen LogP contribution >= 0.6 is 0 Å². The summed E-state index contributed by atoms with van der Waals surface area (Å²) in [4.78, 5) is 15.4. The number of hydrogen-bond acceptors (Lipinski definition) is 4. The lowest BCUT2D eigenvalue weighted by Crippen LogP contribution is -2.41. The highest BCUT2D eigenvalue weighted by Crippen LogP contribution is 2.02. The quantitative estimate of drug-likeness (QED) is 0.628. The lowest BCUT2D eigenvalue weighted by molar-refractivity contribution is -0.122. The van der Waals surface area contributed by atoms with Crippen molar-refractivity contribution >= 4 is 5.91 Å². The van der Waals surface area contributed by atoms with Crippen molar-refractivity contribution in [2.45, 2.75) is 32.9 Å². The molecular weight excluding hydrogens is 194 g/mol. The molecule has 0 spiro atoms. The van der Waals surface area contributed by atoms with Crippen molar-refractivity contribution in [3.8, 4) is 0 Å². The van der Waals surface area contributed by atoms with Crippen LogP contribution in [0.15, 0.2) is 6.33 Å². The molecule has 1 heterocycles. The third-order valence-corrected chi connectivity index (χ3v) is 1.96. The Labute approximate surface area is 88.7 Å². The van der Waals surface area contributed by atoms with Crippen LogP contribution in [-0.2, 0) is 11.3 Å². The van der Waals surface area contributed by atoms with E-state index in [1.54, 1.807) is 0 Å². The Morgan fingerprint density at radius 3 is 2.93 bits per heavy atom. The molecule has 4 N–H and O–H groups in total. The Kier molecular flexibility index (Phi) is 4.23. The number of hydrogen-bond donors (Lipinski definition) is 3. The standard InChI is InChI=1S/C9H17N5O/c1-6(2)3-7(10)9(15)11-4-8-12-5-13-14-8/h5-7H,3-4,10H2,1-2H3,(H,11,15)(H,12,13,14). The van der Waals surface area contributed by atoms with E-state index in [0.29, 0.717) is 24.7 Å². The number of nitrogens with zero attached hydrogens (tertiary/aromatic N) is 2. The number of aromatic amines is 1. The number of nitrogens with two attached hydrogens (primary N) is 1. The van der Waals surface area contributed by atoms with Gasteiger partial charge in [-0.15, -0.1) is 0 Å². The summed E-state index contributed by atoms with van der Waals surface area (Å²) < 4.78 is 0. The van der Waals surface area contributed by atoms with Crippen LogP contribution in [0.3, 0.4) is 0 Å². The fourth-order valence-electron chi connectivity index (χ4n) is 1.23. The summed E-state index contributed by atoms with van der Waals surface area (Å²) in [6, 6.07) is -0.451. The van der Waals surface area contributed by atoms with Crippen LogP contribution in [-0.4, -0.2) is 27.1 Å². The van der Waals surface area contributed by atoms with Crippen LogP contribution < -0.4 is 11.1 Å². The number of aromatic nitrogens is 3. The molecule has 1 atom stereocenters. The van der Waals surface area contributed by atoms with E-state index in [9.17, 15) is 4.79 Å². The highest BCUT2D eigenvalue weighted by atomic mass is 16.2. The van der Waals surface area contributed by atoms with Gasteiger partial charge in [0.25, 0.3) is 0 Å². The van der Waals surface area contributed by atoms with E-state index < -0.39 is 6.04 Å². The largest absolute Gasteiger partial charge is 0.347 e. The zero-order valence-corrected chi connectivity index (χ0v) is 9.03. The van der Waals surface area contributed by atoms with Crippen molar-refractivity contribution in [1.29, 1.82) is 0 Å². The Bertz CT molecular complexity index is 295. The highest BCUT2D eigenvalue weighted by Gasteiger charge is 2.14. The van der Waals surface area contributed by atoms with Gasteiger partial charge in [-0.2, -0.15) is 5.10 Å². The summed E-state index contributed by atoms with van der Waals surface area (Å²) in [7, 11) is 0. The predicted octanol–water partition coefficient (Wildman–Crippen LogP) is -0.206. The zero-order chi connectivity index (χ0) is 11.3. The van der Waals surface area contributed by atoms with Crippen LogP contribution in [0.25, 0.3) is 0 Å². The van der Waals surface area contributed by atoms with E-state index in [1.807, 2.05) is 13.8 Å². The summed E-state index contributed by atoms with van der Waals surface area (Å²) in [6.07, 6.45) is 2.08. The molecule has 0 fully saturated rings. The first kappa shape index (κ1) is 11.6. The number of nitrogens with one attached hydrogen (secondary N) is 2. The molecule has 0 aliphatic carbocycles. The molecule has 0 saturated heterocycles. The van der Waals surface area contributed by atoms with Crippen LogP contribution in [0.2, 0.25) is 0 Å². The van der Waals surface area contributed by atoms with Gasteiger partial charge in [-0.3, -0.25) is 9.89 Å². The molecule has 84 valence electrons. The molecule has 1 aromatic rings. The van der Waals surface area contributed by atoms with E-state index in [-0.39, 0.29) is 5.91 Å². The minimum Gasteiger partial charge on any atom is -0.347 e. The topological polar surface area (TPSA) is 96.7 Å². The maximum Gasteiger partial charge on any atom is 0.237 e. The monoisotopic (exact) mass is 211 g/mol. The van der Waals surface area contributed by atoms with Crippen LogP contribution in [0.1, 0.15) is 26.1 Å². The molecule has 15 heavy (non-hydrogen) atoms.